The molecule has 4 heteroatoms. The fourth-order valence-corrected chi connectivity index (χ4v) is 2.76. The summed E-state index contributed by atoms with van der Waals surface area (Å²) in [4.78, 5) is 4.61. The molecular formula is C16H12FIN2. The Kier molecular flexibility index (Phi) is 3.12. The quantitative estimate of drug-likeness (QED) is 0.410. The van der Waals surface area contributed by atoms with Gasteiger partial charge in [-0.25, -0.2) is 9.37 Å². The van der Waals surface area contributed by atoms with Crippen molar-refractivity contribution in [1.29, 1.82) is 0 Å². The van der Waals surface area contributed by atoms with Gasteiger partial charge in [-0.2, -0.15) is 0 Å². The number of nitrogens with zero attached hydrogens (tertiary/aromatic N) is 2. The molecule has 0 aliphatic carbocycles. The third-order valence-corrected chi connectivity index (χ3v) is 3.62. The monoisotopic (exact) mass is 378 g/mol. The van der Waals surface area contributed by atoms with Crippen molar-refractivity contribution in [2.75, 3.05) is 0 Å². The van der Waals surface area contributed by atoms with E-state index in [1.165, 1.54) is 6.07 Å². The Labute approximate surface area is 132 Å². The lowest BCUT2D eigenvalue weighted by atomic mass is 10.1. The van der Waals surface area contributed by atoms with E-state index < -0.39 is 0 Å². The minimum absolute atomic E-state index is 0. The predicted octanol–water partition coefficient (Wildman–Crippen LogP) is 4.59. The minimum atomic E-state index is -0.219. The van der Waals surface area contributed by atoms with E-state index in [-0.39, 0.29) is 29.8 Å². The number of benzene rings is 2. The molecule has 100 valence electrons. The molecule has 2 heterocycles. The van der Waals surface area contributed by atoms with E-state index >= 15 is 0 Å². The molecule has 0 saturated heterocycles. The highest BCUT2D eigenvalue weighted by molar-refractivity contribution is 14.0. The molecule has 0 atom stereocenters. The van der Waals surface area contributed by atoms with Crippen molar-refractivity contribution in [3.63, 3.8) is 0 Å². The molecule has 2 aliphatic rings. The van der Waals surface area contributed by atoms with Crippen LogP contribution in [0.3, 0.4) is 0 Å². The van der Waals surface area contributed by atoms with Crippen LogP contribution in [-0.4, -0.2) is 9.55 Å². The number of fused-ring (bicyclic) bond motifs is 4. The molecule has 0 saturated carbocycles. The van der Waals surface area contributed by atoms with Crippen LogP contribution in [0.1, 0.15) is 0 Å². The van der Waals surface area contributed by atoms with Gasteiger partial charge >= 0.3 is 0 Å². The highest BCUT2D eigenvalue weighted by Gasteiger charge is 2.15. The molecule has 20 heavy (non-hydrogen) atoms. The number of para-hydroxylation sites is 1. The maximum absolute atomic E-state index is 13.3. The van der Waals surface area contributed by atoms with Gasteiger partial charge in [0.2, 0.25) is 0 Å². The molecular weight excluding hydrogens is 366 g/mol. The number of hydrogen-bond acceptors (Lipinski definition) is 1. The molecule has 0 unspecified atom stereocenters. The van der Waals surface area contributed by atoms with Crippen LogP contribution in [0.25, 0.3) is 33.2 Å². The van der Waals surface area contributed by atoms with Gasteiger partial charge in [-0.15, -0.1) is 24.0 Å². The Morgan fingerprint density at radius 1 is 1.05 bits per heavy atom. The molecule has 0 fully saturated rings. The molecule has 0 aromatic heterocycles. The fraction of sp³-hybridized carbons (Fsp3) is 0.0625. The van der Waals surface area contributed by atoms with Gasteiger partial charge in [-0.05, 0) is 30.3 Å². The molecule has 2 aliphatic heterocycles. The SMILES string of the molecule is Cn1c2c3ccccc3nc-2cc2cc(F)ccc21.I. The van der Waals surface area contributed by atoms with Crippen molar-refractivity contribution in [3.05, 3.63) is 54.3 Å². The smallest absolute Gasteiger partial charge is 0.123 e. The Hall–Kier alpha value is -1.69. The number of hydrogen-bond donors (Lipinski definition) is 0. The molecule has 2 aromatic carbocycles. The molecule has 0 bridgehead atoms. The maximum Gasteiger partial charge on any atom is 0.123 e. The number of aromatic nitrogens is 2. The van der Waals surface area contributed by atoms with E-state index in [4.69, 9.17) is 0 Å². The zero-order chi connectivity index (χ0) is 13.0. The third kappa shape index (κ3) is 1.78. The van der Waals surface area contributed by atoms with Crippen LogP contribution in [0, 0.1) is 5.82 Å². The largest absolute Gasteiger partial charge is 0.342 e. The summed E-state index contributed by atoms with van der Waals surface area (Å²) in [5.74, 6) is -0.219. The zero-order valence-corrected chi connectivity index (χ0v) is 13.1. The Morgan fingerprint density at radius 3 is 2.70 bits per heavy atom. The molecule has 0 N–H and O–H groups in total. The van der Waals surface area contributed by atoms with Crippen LogP contribution in [-0.2, 0) is 7.05 Å². The van der Waals surface area contributed by atoms with Crippen molar-refractivity contribution < 1.29 is 4.39 Å². The Morgan fingerprint density at radius 2 is 1.85 bits per heavy atom. The second-order valence-electron chi connectivity index (χ2n) is 4.77. The summed E-state index contributed by atoms with van der Waals surface area (Å²) in [7, 11) is 2.00. The van der Waals surface area contributed by atoms with E-state index in [2.05, 4.69) is 15.6 Å². The average Bonchev–Trinajstić information content (AvgIpc) is 2.76. The number of halogens is 2. The highest BCUT2D eigenvalue weighted by Crippen LogP contribution is 2.33. The summed E-state index contributed by atoms with van der Waals surface area (Å²) in [6.45, 7) is 0. The van der Waals surface area contributed by atoms with Crippen molar-refractivity contribution in [2.24, 2.45) is 7.05 Å². The first kappa shape index (κ1) is 13.3. The van der Waals surface area contributed by atoms with Gasteiger partial charge in [0.25, 0.3) is 0 Å². The summed E-state index contributed by atoms with van der Waals surface area (Å²) >= 11 is 0. The van der Waals surface area contributed by atoms with E-state index in [0.29, 0.717) is 0 Å². The van der Waals surface area contributed by atoms with Crippen molar-refractivity contribution >= 4 is 45.8 Å². The molecule has 0 radical (unpaired) electrons. The zero-order valence-electron chi connectivity index (χ0n) is 10.8. The molecule has 0 spiro atoms. The van der Waals surface area contributed by atoms with Gasteiger partial charge in [0, 0.05) is 23.3 Å². The van der Waals surface area contributed by atoms with E-state index in [9.17, 15) is 4.39 Å². The lowest BCUT2D eigenvalue weighted by Gasteiger charge is -2.12. The van der Waals surface area contributed by atoms with Gasteiger partial charge in [0.1, 0.15) is 5.82 Å². The standard InChI is InChI=1S/C16H11FN2.HI/c1-19-15-7-6-11(17)8-10(15)9-14-16(19)12-4-2-3-5-13(12)18-14;/h2-9H,1H3;1H. The second-order valence-corrected chi connectivity index (χ2v) is 4.77. The van der Waals surface area contributed by atoms with Gasteiger partial charge in [0.15, 0.2) is 0 Å². The lowest BCUT2D eigenvalue weighted by Crippen LogP contribution is -1.98. The van der Waals surface area contributed by atoms with E-state index in [1.807, 2.05) is 37.4 Å². The number of rotatable bonds is 0. The molecule has 2 aromatic rings. The van der Waals surface area contributed by atoms with Crippen molar-refractivity contribution in [1.82, 2.24) is 9.55 Å². The lowest BCUT2D eigenvalue weighted by molar-refractivity contribution is 0.629. The van der Waals surface area contributed by atoms with Crippen molar-refractivity contribution in [2.45, 2.75) is 0 Å². The maximum atomic E-state index is 13.3. The van der Waals surface area contributed by atoms with Crippen molar-refractivity contribution in [3.8, 4) is 11.4 Å². The topological polar surface area (TPSA) is 17.8 Å². The number of pyridine rings is 1. The minimum Gasteiger partial charge on any atom is -0.342 e. The summed E-state index contributed by atoms with van der Waals surface area (Å²) in [5, 5.41) is 2.00. The first-order valence-electron chi connectivity index (χ1n) is 6.17. The molecule has 2 nitrogen and oxygen atoms in total. The number of aryl methyl sites for hydroxylation is 1. The van der Waals surface area contributed by atoms with Gasteiger partial charge in [-0.3, -0.25) is 0 Å². The van der Waals surface area contributed by atoms with Crippen LogP contribution >= 0.6 is 24.0 Å². The third-order valence-electron chi connectivity index (χ3n) is 3.62. The van der Waals surface area contributed by atoms with E-state index in [0.717, 1.165) is 33.2 Å². The van der Waals surface area contributed by atoms with Gasteiger partial charge in [-0.1, -0.05) is 18.2 Å². The summed E-state index contributed by atoms with van der Waals surface area (Å²) in [5.41, 5.74) is 3.98. The van der Waals surface area contributed by atoms with Crippen LogP contribution in [0.5, 0.6) is 0 Å². The first-order chi connectivity index (χ1) is 9.24. The average molecular weight is 378 g/mol. The Balaban J connectivity index is 0.00000121. The highest BCUT2D eigenvalue weighted by atomic mass is 127. The summed E-state index contributed by atoms with van der Waals surface area (Å²) in [6, 6.07) is 14.9. The van der Waals surface area contributed by atoms with Crippen LogP contribution in [0.15, 0.2) is 48.5 Å². The predicted molar refractivity (Wildman–Crippen MR) is 90.2 cm³/mol. The Bertz CT molecular complexity index is 898. The molecule has 4 rings (SSSR count). The second kappa shape index (κ2) is 4.70. The fourth-order valence-electron chi connectivity index (χ4n) is 2.76. The first-order valence-corrected chi connectivity index (χ1v) is 6.17. The molecule has 0 amide bonds. The summed E-state index contributed by atoms with van der Waals surface area (Å²) in [6.07, 6.45) is 0. The van der Waals surface area contributed by atoms with Crippen LogP contribution in [0.2, 0.25) is 0 Å². The van der Waals surface area contributed by atoms with Gasteiger partial charge < -0.3 is 4.57 Å². The van der Waals surface area contributed by atoms with E-state index in [1.54, 1.807) is 6.07 Å². The van der Waals surface area contributed by atoms with Gasteiger partial charge in [0.05, 0.1) is 16.9 Å². The van der Waals surface area contributed by atoms with Crippen LogP contribution < -0.4 is 0 Å². The normalized spacial score (nSPS) is 11.1. The van der Waals surface area contributed by atoms with Crippen LogP contribution in [0.4, 0.5) is 4.39 Å². The summed E-state index contributed by atoms with van der Waals surface area (Å²) < 4.78 is 15.4.